The van der Waals surface area contributed by atoms with Crippen molar-refractivity contribution >= 4 is 29.1 Å². The first-order chi connectivity index (χ1) is 15.9. The van der Waals surface area contributed by atoms with Crippen LogP contribution in [0, 0.1) is 0 Å². The van der Waals surface area contributed by atoms with E-state index in [4.69, 9.17) is 0 Å². The van der Waals surface area contributed by atoms with Crippen molar-refractivity contribution in [3.63, 3.8) is 0 Å². The Balaban J connectivity index is 1.32. The molecule has 2 aromatic carbocycles. The molecule has 0 bridgehead atoms. The van der Waals surface area contributed by atoms with Crippen LogP contribution in [0.1, 0.15) is 29.6 Å². The van der Waals surface area contributed by atoms with Crippen LogP contribution >= 0.6 is 0 Å². The summed E-state index contributed by atoms with van der Waals surface area (Å²) in [5, 5.41) is 8.96. The lowest BCUT2D eigenvalue weighted by atomic mass is 10.0. The molecule has 3 atom stereocenters. The molecule has 2 aliphatic rings. The zero-order valence-electron chi connectivity index (χ0n) is 19.1. The third-order valence-electron chi connectivity index (χ3n) is 6.37. The van der Waals surface area contributed by atoms with Crippen LogP contribution in [0.4, 0.5) is 11.4 Å². The minimum absolute atomic E-state index is 0.00734. The Kier molecular flexibility index (Phi) is 6.93. The van der Waals surface area contributed by atoms with Crippen molar-refractivity contribution in [2.24, 2.45) is 0 Å². The summed E-state index contributed by atoms with van der Waals surface area (Å²) in [6.45, 7) is 1.12. The SMILES string of the molecule is CN(C)c1ccc(C(=O)N[C@H]2C[C@H]3C(=O)NC[C@@H](CCC(=O)Nc4ccccc4)N3C2)cc1. The van der Waals surface area contributed by atoms with Crippen molar-refractivity contribution in [3.05, 3.63) is 60.2 Å². The van der Waals surface area contributed by atoms with E-state index in [9.17, 15) is 14.4 Å². The van der Waals surface area contributed by atoms with Gasteiger partial charge in [0, 0.05) is 62.6 Å². The number of piperazine rings is 1. The number of amides is 3. The minimum atomic E-state index is -0.276. The van der Waals surface area contributed by atoms with E-state index in [0.29, 0.717) is 37.9 Å². The second kappa shape index (κ2) is 10.0. The van der Waals surface area contributed by atoms with Crippen LogP contribution in [0.3, 0.4) is 0 Å². The summed E-state index contributed by atoms with van der Waals surface area (Å²) < 4.78 is 0. The molecular weight excluding hydrogens is 418 g/mol. The van der Waals surface area contributed by atoms with Crippen LogP contribution in [-0.2, 0) is 9.59 Å². The molecule has 2 aliphatic heterocycles. The number of nitrogens with one attached hydrogen (secondary N) is 3. The van der Waals surface area contributed by atoms with Gasteiger partial charge in [0.15, 0.2) is 0 Å². The molecular formula is C25H31N5O3. The highest BCUT2D eigenvalue weighted by Crippen LogP contribution is 2.26. The lowest BCUT2D eigenvalue weighted by molar-refractivity contribution is -0.129. The van der Waals surface area contributed by atoms with E-state index in [1.807, 2.05) is 73.6 Å². The maximum absolute atomic E-state index is 12.7. The van der Waals surface area contributed by atoms with E-state index in [-0.39, 0.29) is 35.8 Å². The van der Waals surface area contributed by atoms with Gasteiger partial charge in [-0.15, -0.1) is 0 Å². The van der Waals surface area contributed by atoms with E-state index < -0.39 is 0 Å². The van der Waals surface area contributed by atoms with Crippen LogP contribution in [0.2, 0.25) is 0 Å². The predicted molar refractivity (Wildman–Crippen MR) is 128 cm³/mol. The second-order valence-corrected chi connectivity index (χ2v) is 8.91. The fraction of sp³-hybridized carbons (Fsp3) is 0.400. The number of rotatable bonds is 7. The molecule has 0 unspecified atom stereocenters. The highest BCUT2D eigenvalue weighted by Gasteiger charge is 2.43. The fourth-order valence-electron chi connectivity index (χ4n) is 4.57. The van der Waals surface area contributed by atoms with Crippen molar-refractivity contribution < 1.29 is 14.4 Å². The molecule has 3 amide bonds. The Labute approximate surface area is 194 Å². The van der Waals surface area contributed by atoms with Gasteiger partial charge in [0.2, 0.25) is 11.8 Å². The third kappa shape index (κ3) is 5.51. The molecule has 4 rings (SSSR count). The molecule has 2 fully saturated rings. The first-order valence-electron chi connectivity index (χ1n) is 11.4. The molecule has 0 saturated carbocycles. The molecule has 8 heteroatoms. The molecule has 2 saturated heterocycles. The first kappa shape index (κ1) is 22.8. The highest BCUT2D eigenvalue weighted by atomic mass is 16.2. The number of fused-ring (bicyclic) bond motifs is 1. The second-order valence-electron chi connectivity index (χ2n) is 8.91. The van der Waals surface area contributed by atoms with E-state index in [1.54, 1.807) is 0 Å². The molecule has 0 aliphatic carbocycles. The van der Waals surface area contributed by atoms with Crippen LogP contribution in [0.25, 0.3) is 0 Å². The Hall–Kier alpha value is -3.39. The molecule has 33 heavy (non-hydrogen) atoms. The number of benzene rings is 2. The topological polar surface area (TPSA) is 93.8 Å². The van der Waals surface area contributed by atoms with Crippen molar-refractivity contribution in [1.82, 2.24) is 15.5 Å². The number of para-hydroxylation sites is 1. The van der Waals surface area contributed by atoms with Crippen molar-refractivity contribution in [2.45, 2.75) is 37.4 Å². The number of anilines is 2. The number of carbonyl (C=O) groups is 3. The molecule has 0 radical (unpaired) electrons. The van der Waals surface area contributed by atoms with E-state index >= 15 is 0 Å². The molecule has 174 valence electrons. The van der Waals surface area contributed by atoms with E-state index in [1.165, 1.54) is 0 Å². The average Bonchev–Trinajstić information content (AvgIpc) is 3.24. The Morgan fingerprint density at radius 2 is 1.82 bits per heavy atom. The third-order valence-corrected chi connectivity index (χ3v) is 6.37. The standard InChI is InChI=1S/C25H31N5O3/c1-29(2)20-10-8-17(9-11-20)24(32)28-19-14-22-25(33)26-15-21(30(22)16-19)12-13-23(31)27-18-6-4-3-5-7-18/h3-11,19,21-22H,12-16H2,1-2H3,(H,26,33)(H,27,31)(H,28,32)/t19-,21+,22-/m0/s1. The molecule has 2 aromatic rings. The Bertz CT molecular complexity index is 993. The van der Waals surface area contributed by atoms with Gasteiger partial charge in [0.25, 0.3) is 5.91 Å². The van der Waals surface area contributed by atoms with Gasteiger partial charge in [-0.3, -0.25) is 19.3 Å². The highest BCUT2D eigenvalue weighted by molar-refractivity contribution is 5.95. The van der Waals surface area contributed by atoms with Gasteiger partial charge in [-0.25, -0.2) is 0 Å². The van der Waals surface area contributed by atoms with Crippen LogP contribution in [0.15, 0.2) is 54.6 Å². The van der Waals surface area contributed by atoms with Crippen LogP contribution < -0.4 is 20.9 Å². The van der Waals surface area contributed by atoms with Gasteiger partial charge in [0.1, 0.15) is 0 Å². The van der Waals surface area contributed by atoms with Gasteiger partial charge >= 0.3 is 0 Å². The molecule has 0 spiro atoms. The predicted octanol–water partition coefficient (Wildman–Crippen LogP) is 1.84. The minimum Gasteiger partial charge on any atom is -0.378 e. The maximum Gasteiger partial charge on any atom is 0.251 e. The Morgan fingerprint density at radius 3 is 2.52 bits per heavy atom. The summed E-state index contributed by atoms with van der Waals surface area (Å²) in [7, 11) is 3.91. The van der Waals surface area contributed by atoms with Gasteiger partial charge in [-0.1, -0.05) is 18.2 Å². The summed E-state index contributed by atoms with van der Waals surface area (Å²) in [4.78, 5) is 41.7. The maximum atomic E-state index is 12.7. The largest absolute Gasteiger partial charge is 0.378 e. The number of hydrogen-bond donors (Lipinski definition) is 3. The van der Waals surface area contributed by atoms with E-state index in [2.05, 4.69) is 20.9 Å². The number of carbonyl (C=O) groups excluding carboxylic acids is 3. The summed E-state index contributed by atoms with van der Waals surface area (Å²) in [6, 6.07) is 16.5. The number of hydrogen-bond acceptors (Lipinski definition) is 5. The van der Waals surface area contributed by atoms with Gasteiger partial charge in [-0.2, -0.15) is 0 Å². The van der Waals surface area contributed by atoms with Crippen molar-refractivity contribution in [3.8, 4) is 0 Å². The van der Waals surface area contributed by atoms with Gasteiger partial charge in [0.05, 0.1) is 6.04 Å². The average molecular weight is 450 g/mol. The Morgan fingerprint density at radius 1 is 1.09 bits per heavy atom. The molecule has 8 nitrogen and oxygen atoms in total. The number of nitrogens with zero attached hydrogens (tertiary/aromatic N) is 2. The summed E-state index contributed by atoms with van der Waals surface area (Å²) in [5.41, 5.74) is 2.41. The van der Waals surface area contributed by atoms with Crippen molar-refractivity contribution in [2.75, 3.05) is 37.4 Å². The monoisotopic (exact) mass is 449 g/mol. The smallest absolute Gasteiger partial charge is 0.251 e. The van der Waals surface area contributed by atoms with Gasteiger partial charge in [-0.05, 0) is 49.2 Å². The summed E-state index contributed by atoms with van der Waals surface area (Å²) in [5.74, 6) is -0.184. The summed E-state index contributed by atoms with van der Waals surface area (Å²) in [6.07, 6.45) is 1.58. The van der Waals surface area contributed by atoms with Crippen LogP contribution in [-0.4, -0.2) is 67.9 Å². The van der Waals surface area contributed by atoms with Gasteiger partial charge < -0.3 is 20.9 Å². The molecule has 0 aromatic heterocycles. The first-order valence-corrected chi connectivity index (χ1v) is 11.4. The summed E-state index contributed by atoms with van der Waals surface area (Å²) >= 11 is 0. The molecule has 2 heterocycles. The van der Waals surface area contributed by atoms with Crippen LogP contribution in [0.5, 0.6) is 0 Å². The molecule has 3 N–H and O–H groups in total. The zero-order chi connectivity index (χ0) is 23.4. The lowest BCUT2D eigenvalue weighted by Gasteiger charge is -2.37. The zero-order valence-corrected chi connectivity index (χ0v) is 19.1. The lowest BCUT2D eigenvalue weighted by Crippen LogP contribution is -2.57. The normalized spacial score (nSPS) is 22.2. The van der Waals surface area contributed by atoms with E-state index in [0.717, 1.165) is 11.4 Å². The quantitative estimate of drug-likeness (QED) is 0.600. The fourth-order valence-corrected chi connectivity index (χ4v) is 4.57. The van der Waals surface area contributed by atoms with Crippen molar-refractivity contribution in [1.29, 1.82) is 0 Å².